The molecule has 2 rings (SSSR count). The summed E-state index contributed by atoms with van der Waals surface area (Å²) in [5.74, 6) is -0.0903. The number of hydrogen-bond acceptors (Lipinski definition) is 3. The Labute approximate surface area is 139 Å². The van der Waals surface area contributed by atoms with Gasteiger partial charge in [-0.25, -0.2) is 8.42 Å². The van der Waals surface area contributed by atoms with E-state index >= 15 is 0 Å². The van der Waals surface area contributed by atoms with Crippen molar-refractivity contribution in [3.8, 4) is 0 Å². The van der Waals surface area contributed by atoms with Gasteiger partial charge in [-0.3, -0.25) is 9.10 Å². The molecule has 0 radical (unpaired) electrons. The molecule has 1 aliphatic rings. The summed E-state index contributed by atoms with van der Waals surface area (Å²) in [6.45, 7) is 6.49. The lowest BCUT2D eigenvalue weighted by molar-refractivity contribution is -0.121. The second-order valence-electron chi connectivity index (χ2n) is 7.22. The Balaban J connectivity index is 2.10. The van der Waals surface area contributed by atoms with Gasteiger partial charge in [0.25, 0.3) is 0 Å². The van der Waals surface area contributed by atoms with E-state index < -0.39 is 10.0 Å². The SMILES string of the molecule is CC(C)(C)c1ccc(N(CCC(=O)NC2CC2)S(C)(=O)=O)cc1. The van der Waals surface area contributed by atoms with Crippen LogP contribution in [0.25, 0.3) is 0 Å². The molecule has 1 saturated carbocycles. The zero-order valence-electron chi connectivity index (χ0n) is 14.3. The minimum atomic E-state index is -3.42. The predicted molar refractivity (Wildman–Crippen MR) is 93.1 cm³/mol. The number of carbonyl (C=O) groups is 1. The third-order valence-electron chi connectivity index (χ3n) is 3.91. The minimum absolute atomic E-state index is 0.0125. The minimum Gasteiger partial charge on any atom is -0.353 e. The maximum Gasteiger partial charge on any atom is 0.232 e. The van der Waals surface area contributed by atoms with Crippen molar-refractivity contribution in [3.05, 3.63) is 29.8 Å². The second kappa shape index (κ2) is 6.51. The average Bonchev–Trinajstić information content (AvgIpc) is 3.20. The van der Waals surface area contributed by atoms with Crippen molar-refractivity contribution in [2.24, 2.45) is 0 Å². The van der Waals surface area contributed by atoms with Crippen molar-refractivity contribution >= 4 is 21.6 Å². The Morgan fingerprint density at radius 1 is 1.22 bits per heavy atom. The summed E-state index contributed by atoms with van der Waals surface area (Å²) in [5, 5.41) is 2.88. The highest BCUT2D eigenvalue weighted by Gasteiger charge is 2.24. The molecule has 6 heteroatoms. The lowest BCUT2D eigenvalue weighted by atomic mass is 9.87. The quantitative estimate of drug-likeness (QED) is 0.866. The Morgan fingerprint density at radius 2 is 1.78 bits per heavy atom. The fraction of sp³-hybridized carbons (Fsp3) is 0.588. The number of nitrogens with one attached hydrogen (secondary N) is 1. The second-order valence-corrected chi connectivity index (χ2v) is 9.13. The van der Waals surface area contributed by atoms with E-state index in [0.717, 1.165) is 18.4 Å². The first kappa shape index (κ1) is 17.8. The molecule has 1 fully saturated rings. The highest BCUT2D eigenvalue weighted by molar-refractivity contribution is 7.92. The van der Waals surface area contributed by atoms with Gasteiger partial charge in [-0.1, -0.05) is 32.9 Å². The lowest BCUT2D eigenvalue weighted by Crippen LogP contribution is -2.35. The summed E-state index contributed by atoms with van der Waals surface area (Å²) >= 11 is 0. The van der Waals surface area contributed by atoms with Crippen molar-refractivity contribution in [1.29, 1.82) is 0 Å². The van der Waals surface area contributed by atoms with Gasteiger partial charge in [0.05, 0.1) is 11.9 Å². The molecule has 0 aliphatic heterocycles. The summed E-state index contributed by atoms with van der Waals surface area (Å²) in [5.41, 5.74) is 1.75. The zero-order chi connectivity index (χ0) is 17.3. The van der Waals surface area contributed by atoms with E-state index in [-0.39, 0.29) is 24.3 Å². The first-order chi connectivity index (χ1) is 10.6. The summed E-state index contributed by atoms with van der Waals surface area (Å²) < 4.78 is 25.4. The number of sulfonamides is 1. The van der Waals surface area contributed by atoms with Gasteiger partial charge in [0, 0.05) is 19.0 Å². The van der Waals surface area contributed by atoms with Gasteiger partial charge in [0.2, 0.25) is 15.9 Å². The van der Waals surface area contributed by atoms with Gasteiger partial charge < -0.3 is 5.32 Å². The largest absolute Gasteiger partial charge is 0.353 e. The van der Waals surface area contributed by atoms with E-state index in [9.17, 15) is 13.2 Å². The van der Waals surface area contributed by atoms with Crippen molar-refractivity contribution in [1.82, 2.24) is 5.32 Å². The number of hydrogen-bond donors (Lipinski definition) is 1. The first-order valence-corrected chi connectivity index (χ1v) is 9.80. The highest BCUT2D eigenvalue weighted by Crippen LogP contribution is 2.26. The van der Waals surface area contributed by atoms with Crippen LogP contribution in [0.2, 0.25) is 0 Å². The van der Waals surface area contributed by atoms with Crippen LogP contribution in [0.4, 0.5) is 5.69 Å². The smallest absolute Gasteiger partial charge is 0.232 e. The molecule has 0 heterocycles. The van der Waals surface area contributed by atoms with Crippen molar-refractivity contribution < 1.29 is 13.2 Å². The van der Waals surface area contributed by atoms with Gasteiger partial charge in [-0.2, -0.15) is 0 Å². The molecule has 128 valence electrons. The van der Waals surface area contributed by atoms with Gasteiger partial charge >= 0.3 is 0 Å². The summed E-state index contributed by atoms with van der Waals surface area (Å²) in [7, 11) is -3.42. The van der Waals surface area contributed by atoms with Crippen LogP contribution in [0, 0.1) is 0 Å². The van der Waals surface area contributed by atoms with E-state index in [1.165, 1.54) is 10.6 Å². The molecule has 5 nitrogen and oxygen atoms in total. The summed E-state index contributed by atoms with van der Waals surface area (Å²) in [4.78, 5) is 11.8. The van der Waals surface area contributed by atoms with Crippen LogP contribution in [0.15, 0.2) is 24.3 Å². The van der Waals surface area contributed by atoms with Crippen molar-refractivity contribution in [2.45, 2.75) is 51.5 Å². The number of benzene rings is 1. The molecule has 1 aliphatic carbocycles. The molecule has 0 aromatic heterocycles. The molecule has 0 bridgehead atoms. The third kappa shape index (κ3) is 5.23. The van der Waals surface area contributed by atoms with E-state index in [4.69, 9.17) is 0 Å². The zero-order valence-corrected chi connectivity index (χ0v) is 15.1. The topological polar surface area (TPSA) is 66.5 Å². The van der Waals surface area contributed by atoms with Gasteiger partial charge in [0.15, 0.2) is 0 Å². The molecule has 1 N–H and O–H groups in total. The normalized spacial score (nSPS) is 15.3. The van der Waals surface area contributed by atoms with Crippen LogP contribution in [-0.2, 0) is 20.2 Å². The van der Waals surface area contributed by atoms with E-state index in [2.05, 4.69) is 26.1 Å². The number of nitrogens with zero attached hydrogens (tertiary/aromatic N) is 1. The van der Waals surface area contributed by atoms with E-state index in [1.807, 2.05) is 12.1 Å². The molecule has 1 aromatic carbocycles. The molecular formula is C17H26N2O3S. The monoisotopic (exact) mass is 338 g/mol. The molecule has 0 spiro atoms. The highest BCUT2D eigenvalue weighted by atomic mass is 32.2. The first-order valence-electron chi connectivity index (χ1n) is 7.95. The lowest BCUT2D eigenvalue weighted by Gasteiger charge is -2.24. The van der Waals surface area contributed by atoms with Gasteiger partial charge in [-0.05, 0) is 36.0 Å². The van der Waals surface area contributed by atoms with Crippen LogP contribution < -0.4 is 9.62 Å². The van der Waals surface area contributed by atoms with Gasteiger partial charge in [0.1, 0.15) is 0 Å². The van der Waals surface area contributed by atoms with Crippen molar-refractivity contribution in [3.63, 3.8) is 0 Å². The summed E-state index contributed by atoms with van der Waals surface area (Å²) in [6, 6.07) is 7.79. The average molecular weight is 338 g/mol. The fourth-order valence-corrected chi connectivity index (χ4v) is 3.27. The van der Waals surface area contributed by atoms with E-state index in [1.54, 1.807) is 12.1 Å². The number of anilines is 1. The van der Waals surface area contributed by atoms with E-state index in [0.29, 0.717) is 11.7 Å². The fourth-order valence-electron chi connectivity index (χ4n) is 2.34. The molecule has 1 aromatic rings. The standard InChI is InChI=1S/C17H26N2O3S/c1-17(2,3)13-5-9-15(10-6-13)19(23(4,21)22)12-11-16(20)18-14-7-8-14/h5-6,9-10,14H,7-8,11-12H2,1-4H3,(H,18,20). The molecule has 23 heavy (non-hydrogen) atoms. The van der Waals surface area contributed by atoms with Gasteiger partial charge in [-0.15, -0.1) is 0 Å². The molecule has 0 atom stereocenters. The molecular weight excluding hydrogens is 312 g/mol. The van der Waals surface area contributed by atoms with Crippen molar-refractivity contribution in [2.75, 3.05) is 17.1 Å². The van der Waals surface area contributed by atoms with Crippen LogP contribution >= 0.6 is 0 Å². The Morgan fingerprint density at radius 3 is 2.22 bits per heavy atom. The maximum absolute atomic E-state index is 12.1. The van der Waals surface area contributed by atoms with Crippen LogP contribution in [0.1, 0.15) is 45.6 Å². The number of rotatable bonds is 6. The van der Waals surface area contributed by atoms with Crippen LogP contribution in [-0.4, -0.2) is 33.2 Å². The number of amides is 1. The Hall–Kier alpha value is -1.56. The maximum atomic E-state index is 12.1. The van der Waals surface area contributed by atoms with Crippen LogP contribution in [0.3, 0.4) is 0 Å². The molecule has 0 saturated heterocycles. The predicted octanol–water partition coefficient (Wildman–Crippen LogP) is 2.42. The third-order valence-corrected chi connectivity index (χ3v) is 5.10. The Kier molecular flexibility index (Phi) is 5.04. The summed E-state index contributed by atoms with van der Waals surface area (Å²) in [6.07, 6.45) is 3.39. The molecule has 0 unspecified atom stereocenters. The van der Waals surface area contributed by atoms with Crippen LogP contribution in [0.5, 0.6) is 0 Å². The number of carbonyl (C=O) groups excluding carboxylic acids is 1. The Bertz CT molecular complexity index is 656. The molecule has 1 amide bonds.